The molecule has 0 spiro atoms. The van der Waals surface area contributed by atoms with E-state index in [9.17, 15) is 0 Å². The van der Waals surface area contributed by atoms with E-state index in [4.69, 9.17) is 4.74 Å². The lowest BCUT2D eigenvalue weighted by molar-refractivity contribution is 0.489. The fourth-order valence-electron chi connectivity index (χ4n) is 8.70. The van der Waals surface area contributed by atoms with Crippen molar-refractivity contribution in [3.63, 3.8) is 0 Å². The topological polar surface area (TPSA) is 12.5 Å². The first-order chi connectivity index (χ1) is 29.7. The molecule has 1 aliphatic rings. The van der Waals surface area contributed by atoms with Crippen molar-refractivity contribution in [3.8, 4) is 78.3 Å². The molecule has 60 heavy (non-hydrogen) atoms. The van der Waals surface area contributed by atoms with Crippen molar-refractivity contribution in [1.82, 2.24) is 0 Å². The summed E-state index contributed by atoms with van der Waals surface area (Å²) in [6, 6.07) is 84.7. The summed E-state index contributed by atoms with van der Waals surface area (Å²) in [6.45, 7) is 0. The highest BCUT2D eigenvalue weighted by atomic mass is 16.5. The Hall–Kier alpha value is -7.94. The van der Waals surface area contributed by atoms with Crippen LogP contribution in [0.4, 0.5) is 17.1 Å². The van der Waals surface area contributed by atoms with Crippen LogP contribution in [0.3, 0.4) is 0 Å². The molecule has 282 valence electrons. The molecule has 0 atom stereocenters. The Kier molecular flexibility index (Phi) is 8.87. The van der Waals surface area contributed by atoms with Crippen LogP contribution in [0, 0.1) is 0 Å². The first kappa shape index (κ1) is 35.2. The van der Waals surface area contributed by atoms with E-state index in [1.807, 2.05) is 0 Å². The Morgan fingerprint density at radius 3 is 1.25 bits per heavy atom. The van der Waals surface area contributed by atoms with Crippen LogP contribution in [-0.4, -0.2) is 0 Å². The third-order valence-electron chi connectivity index (χ3n) is 11.7. The van der Waals surface area contributed by atoms with Crippen LogP contribution in [0.25, 0.3) is 77.5 Å². The molecular formula is C58H39NO. The molecule has 1 heterocycles. The minimum Gasteiger partial charge on any atom is -0.454 e. The van der Waals surface area contributed by atoms with Crippen LogP contribution >= 0.6 is 0 Å². The number of fused-ring (bicyclic) bond motifs is 6. The van der Waals surface area contributed by atoms with Gasteiger partial charge in [-0.15, -0.1) is 0 Å². The van der Waals surface area contributed by atoms with E-state index in [2.05, 4.69) is 241 Å². The molecule has 0 saturated heterocycles. The van der Waals surface area contributed by atoms with Gasteiger partial charge in [0.05, 0.1) is 5.69 Å². The zero-order chi connectivity index (χ0) is 39.8. The Morgan fingerprint density at radius 2 is 0.700 bits per heavy atom. The van der Waals surface area contributed by atoms with Gasteiger partial charge in [0, 0.05) is 28.1 Å². The van der Waals surface area contributed by atoms with Crippen molar-refractivity contribution in [2.75, 3.05) is 4.90 Å². The van der Waals surface area contributed by atoms with Crippen LogP contribution in [0.1, 0.15) is 0 Å². The van der Waals surface area contributed by atoms with Crippen LogP contribution in [0.15, 0.2) is 237 Å². The third-order valence-corrected chi connectivity index (χ3v) is 11.7. The van der Waals surface area contributed by atoms with Crippen LogP contribution in [0.2, 0.25) is 0 Å². The lowest BCUT2D eigenvalue weighted by Gasteiger charge is -2.28. The van der Waals surface area contributed by atoms with Crippen molar-refractivity contribution in [2.45, 2.75) is 0 Å². The molecule has 11 rings (SSSR count). The molecule has 10 aromatic carbocycles. The van der Waals surface area contributed by atoms with E-state index in [1.165, 1.54) is 49.9 Å². The molecule has 0 fully saturated rings. The molecule has 2 heteroatoms. The summed E-state index contributed by atoms with van der Waals surface area (Å²) in [5.41, 5.74) is 16.9. The predicted octanol–water partition coefficient (Wildman–Crippen LogP) is 16.4. The van der Waals surface area contributed by atoms with Gasteiger partial charge in [0.25, 0.3) is 0 Å². The van der Waals surface area contributed by atoms with E-state index < -0.39 is 0 Å². The van der Waals surface area contributed by atoms with Crippen molar-refractivity contribution >= 4 is 27.8 Å². The Morgan fingerprint density at radius 1 is 0.283 bits per heavy atom. The zero-order valence-corrected chi connectivity index (χ0v) is 32.9. The first-order valence-electron chi connectivity index (χ1n) is 20.5. The number of hydrogen-bond acceptors (Lipinski definition) is 2. The first-order valence-corrected chi connectivity index (χ1v) is 20.5. The van der Waals surface area contributed by atoms with Crippen molar-refractivity contribution in [1.29, 1.82) is 0 Å². The van der Waals surface area contributed by atoms with Gasteiger partial charge in [0.2, 0.25) is 0 Å². The largest absolute Gasteiger partial charge is 0.454 e. The van der Waals surface area contributed by atoms with Gasteiger partial charge in [-0.25, -0.2) is 0 Å². The number of rotatable bonds is 7. The molecule has 1 aliphatic heterocycles. The van der Waals surface area contributed by atoms with Gasteiger partial charge in [0.15, 0.2) is 5.75 Å². The van der Waals surface area contributed by atoms with Crippen molar-refractivity contribution in [3.05, 3.63) is 237 Å². The summed E-state index contributed by atoms with van der Waals surface area (Å²) in [5, 5.41) is 2.31. The van der Waals surface area contributed by atoms with Gasteiger partial charge in [-0.1, -0.05) is 194 Å². The number of ether oxygens (including phenoxy) is 1. The molecule has 0 saturated carbocycles. The minimum absolute atomic E-state index is 0.811. The fraction of sp³-hybridized carbons (Fsp3) is 0. The molecule has 0 aliphatic carbocycles. The Balaban J connectivity index is 1.09. The second-order valence-corrected chi connectivity index (χ2v) is 15.3. The molecule has 0 bridgehead atoms. The molecule has 2 nitrogen and oxygen atoms in total. The fourth-order valence-corrected chi connectivity index (χ4v) is 8.70. The van der Waals surface area contributed by atoms with Gasteiger partial charge in [-0.3, -0.25) is 0 Å². The van der Waals surface area contributed by atoms with Crippen LogP contribution in [-0.2, 0) is 0 Å². The smallest absolute Gasteiger partial charge is 0.159 e. The lowest BCUT2D eigenvalue weighted by Crippen LogP contribution is -2.11. The van der Waals surface area contributed by atoms with Gasteiger partial charge >= 0.3 is 0 Å². The van der Waals surface area contributed by atoms with Crippen LogP contribution < -0.4 is 9.64 Å². The highest BCUT2D eigenvalue weighted by Crippen LogP contribution is 2.55. The van der Waals surface area contributed by atoms with Crippen molar-refractivity contribution < 1.29 is 4.74 Å². The summed E-state index contributed by atoms with van der Waals surface area (Å²) in [6.07, 6.45) is 0. The van der Waals surface area contributed by atoms with E-state index in [-0.39, 0.29) is 0 Å². The third kappa shape index (κ3) is 6.41. The lowest BCUT2D eigenvalue weighted by atomic mass is 9.87. The second-order valence-electron chi connectivity index (χ2n) is 15.3. The summed E-state index contributed by atoms with van der Waals surface area (Å²) in [4.78, 5) is 2.34. The molecule has 10 aromatic rings. The van der Waals surface area contributed by atoms with Crippen LogP contribution in [0.5, 0.6) is 11.5 Å². The maximum Gasteiger partial charge on any atom is 0.159 e. The number of para-hydroxylation sites is 1. The second kappa shape index (κ2) is 15.1. The summed E-state index contributed by atoms with van der Waals surface area (Å²) >= 11 is 0. The average Bonchev–Trinajstić information content (AvgIpc) is 3.47. The van der Waals surface area contributed by atoms with E-state index in [0.29, 0.717) is 0 Å². The molecular weight excluding hydrogens is 727 g/mol. The number of benzene rings is 10. The summed E-state index contributed by atoms with van der Waals surface area (Å²) < 4.78 is 7.33. The van der Waals surface area contributed by atoms with Crippen molar-refractivity contribution in [2.24, 2.45) is 0 Å². The van der Waals surface area contributed by atoms with E-state index in [0.717, 1.165) is 56.2 Å². The van der Waals surface area contributed by atoms with Gasteiger partial charge in [-0.2, -0.15) is 0 Å². The molecule has 0 amide bonds. The summed E-state index contributed by atoms with van der Waals surface area (Å²) in [7, 11) is 0. The Labute approximate surface area is 350 Å². The molecule has 0 unspecified atom stereocenters. The Bertz CT molecular complexity index is 3120. The maximum absolute atomic E-state index is 7.33. The number of hydrogen-bond donors (Lipinski definition) is 0. The molecule has 0 aromatic heterocycles. The highest BCUT2D eigenvalue weighted by molar-refractivity contribution is 6.04. The quantitative estimate of drug-likeness (QED) is 0.160. The molecule has 0 N–H and O–H groups in total. The average molecular weight is 766 g/mol. The molecule has 0 radical (unpaired) electrons. The minimum atomic E-state index is 0.811. The summed E-state index contributed by atoms with van der Waals surface area (Å²) in [5.74, 6) is 1.64. The zero-order valence-electron chi connectivity index (χ0n) is 32.9. The number of nitrogens with zero attached hydrogens (tertiary/aromatic N) is 1. The maximum atomic E-state index is 7.33. The standard InChI is InChI=1S/C58H39NO/c1-4-14-40(15-5-1)42-26-28-43(29-27-42)45-32-36-50(37-33-45)59(49-34-30-44(31-35-49)41-16-6-2-7-17-41)55-25-13-24-53-52-23-12-22-51(46-18-8-3-9-19-46)57(52)54-38-47-20-10-11-21-48(47)39-56(54)60-58(53)55/h1-39H. The normalized spacial score (nSPS) is 11.5. The highest BCUT2D eigenvalue weighted by Gasteiger charge is 2.28. The van der Waals surface area contributed by atoms with E-state index >= 15 is 0 Å². The predicted molar refractivity (Wildman–Crippen MR) is 251 cm³/mol. The van der Waals surface area contributed by atoms with Gasteiger partial charge < -0.3 is 9.64 Å². The van der Waals surface area contributed by atoms with Gasteiger partial charge in [-0.05, 0) is 103 Å². The SMILES string of the molecule is c1ccc(-c2ccc(-c3ccc(N(c4ccc(-c5ccccc5)cc4)c4cccc5c4Oc4cc6ccccc6cc4-c4c(-c6ccccc6)cccc4-5)cc3)cc2)cc1. The monoisotopic (exact) mass is 765 g/mol. The van der Waals surface area contributed by atoms with E-state index in [1.54, 1.807) is 0 Å². The number of anilines is 3. The van der Waals surface area contributed by atoms with Gasteiger partial charge in [0.1, 0.15) is 5.75 Å².